The van der Waals surface area contributed by atoms with E-state index in [-0.39, 0.29) is 0 Å². The first-order valence-corrected chi connectivity index (χ1v) is 5.84. The average Bonchev–Trinajstić information content (AvgIpc) is 2.15. The highest BCUT2D eigenvalue weighted by Crippen LogP contribution is 2.34. The van der Waals surface area contributed by atoms with Crippen molar-refractivity contribution in [2.75, 3.05) is 32.7 Å². The molecule has 82 valence electrons. The number of hydrogen-bond donors (Lipinski definition) is 1. The van der Waals surface area contributed by atoms with Crippen molar-refractivity contribution in [2.45, 2.75) is 31.9 Å². The minimum atomic E-state index is -0.849. The molecule has 0 saturated carbocycles. The van der Waals surface area contributed by atoms with Gasteiger partial charge in [0.2, 0.25) is 0 Å². The molecule has 0 radical (unpaired) electrons. The maximum atomic E-state index is 14.1. The van der Waals surface area contributed by atoms with E-state index in [1.165, 1.54) is 0 Å². The Morgan fingerprint density at radius 3 is 2.57 bits per heavy atom. The minimum Gasteiger partial charge on any atom is -0.317 e. The summed E-state index contributed by atoms with van der Waals surface area (Å²) in [5.74, 6) is 0.625. The summed E-state index contributed by atoms with van der Waals surface area (Å²) in [5.41, 5.74) is -0.849. The lowest BCUT2D eigenvalue weighted by atomic mass is 9.82. The molecule has 3 heteroatoms. The Labute approximate surface area is 85.9 Å². The van der Waals surface area contributed by atoms with Gasteiger partial charge in [-0.05, 0) is 44.8 Å². The molecule has 2 nitrogen and oxygen atoms in total. The fourth-order valence-corrected chi connectivity index (χ4v) is 2.71. The number of halogens is 1. The molecule has 2 heterocycles. The van der Waals surface area contributed by atoms with E-state index in [2.05, 4.69) is 17.1 Å². The van der Waals surface area contributed by atoms with Crippen LogP contribution in [0.25, 0.3) is 0 Å². The van der Waals surface area contributed by atoms with Gasteiger partial charge in [0.25, 0.3) is 0 Å². The molecule has 0 bridgehead atoms. The van der Waals surface area contributed by atoms with Crippen LogP contribution < -0.4 is 5.32 Å². The number of hydrogen-bond acceptors (Lipinski definition) is 2. The lowest BCUT2D eigenvalue weighted by molar-refractivity contribution is -0.0475. The molecule has 0 aromatic carbocycles. The van der Waals surface area contributed by atoms with E-state index >= 15 is 0 Å². The number of piperidine rings is 1. The van der Waals surface area contributed by atoms with Gasteiger partial charge < -0.3 is 5.32 Å². The lowest BCUT2D eigenvalue weighted by Gasteiger charge is -2.46. The van der Waals surface area contributed by atoms with Crippen LogP contribution in [0.5, 0.6) is 0 Å². The Hall–Kier alpha value is -0.150. The van der Waals surface area contributed by atoms with E-state index in [1.807, 2.05) is 0 Å². The van der Waals surface area contributed by atoms with Crippen LogP contribution in [0, 0.1) is 5.92 Å². The van der Waals surface area contributed by atoms with E-state index < -0.39 is 5.67 Å². The van der Waals surface area contributed by atoms with Crippen molar-refractivity contribution in [2.24, 2.45) is 5.92 Å². The fraction of sp³-hybridized carbons (Fsp3) is 1.00. The summed E-state index contributed by atoms with van der Waals surface area (Å²) >= 11 is 0. The molecule has 0 aliphatic carbocycles. The number of alkyl halides is 1. The zero-order valence-electron chi connectivity index (χ0n) is 9.06. The first kappa shape index (κ1) is 10.4. The van der Waals surface area contributed by atoms with Crippen molar-refractivity contribution < 1.29 is 4.39 Å². The van der Waals surface area contributed by atoms with Gasteiger partial charge in [-0.1, -0.05) is 6.92 Å². The van der Waals surface area contributed by atoms with E-state index in [9.17, 15) is 4.39 Å². The number of nitrogens with zero attached hydrogens (tertiary/aromatic N) is 1. The van der Waals surface area contributed by atoms with Crippen LogP contribution in [0.3, 0.4) is 0 Å². The SMILES string of the molecule is CCN1CC(F)(CC2CCNCC2)C1. The smallest absolute Gasteiger partial charge is 0.136 e. The summed E-state index contributed by atoms with van der Waals surface area (Å²) in [6, 6.07) is 0. The van der Waals surface area contributed by atoms with Gasteiger partial charge in [0, 0.05) is 13.1 Å². The van der Waals surface area contributed by atoms with Crippen LogP contribution in [-0.2, 0) is 0 Å². The van der Waals surface area contributed by atoms with Crippen LogP contribution in [0.2, 0.25) is 0 Å². The van der Waals surface area contributed by atoms with Crippen molar-refractivity contribution in [3.63, 3.8) is 0 Å². The average molecular weight is 200 g/mol. The second kappa shape index (κ2) is 4.15. The summed E-state index contributed by atoms with van der Waals surface area (Å²) in [5, 5.41) is 3.32. The van der Waals surface area contributed by atoms with Gasteiger partial charge in [-0.3, -0.25) is 4.90 Å². The summed E-state index contributed by atoms with van der Waals surface area (Å²) in [6.45, 7) is 6.61. The molecule has 0 aromatic heterocycles. The van der Waals surface area contributed by atoms with Gasteiger partial charge in [0.1, 0.15) is 5.67 Å². The van der Waals surface area contributed by atoms with Gasteiger partial charge in [0.15, 0.2) is 0 Å². The molecule has 2 aliphatic heterocycles. The molecular weight excluding hydrogens is 179 g/mol. The summed E-state index contributed by atoms with van der Waals surface area (Å²) in [7, 11) is 0. The normalized spacial score (nSPS) is 28.7. The molecule has 2 aliphatic rings. The molecule has 0 atom stereocenters. The predicted octanol–water partition coefficient (Wildman–Crippen LogP) is 1.42. The highest BCUT2D eigenvalue weighted by atomic mass is 19.1. The highest BCUT2D eigenvalue weighted by Gasteiger charge is 2.43. The second-order valence-electron chi connectivity index (χ2n) is 4.85. The van der Waals surface area contributed by atoms with Crippen LogP contribution in [0.1, 0.15) is 26.2 Å². The van der Waals surface area contributed by atoms with E-state index in [0.717, 1.165) is 38.9 Å². The zero-order chi connectivity index (χ0) is 10.0. The van der Waals surface area contributed by atoms with E-state index in [4.69, 9.17) is 0 Å². The maximum Gasteiger partial charge on any atom is 0.136 e. The molecule has 0 aromatic rings. The van der Waals surface area contributed by atoms with Gasteiger partial charge in [-0.25, -0.2) is 4.39 Å². The van der Waals surface area contributed by atoms with Crippen molar-refractivity contribution in [1.29, 1.82) is 0 Å². The fourth-order valence-electron chi connectivity index (χ4n) is 2.71. The number of likely N-dealkylation sites (tertiary alicyclic amines) is 1. The highest BCUT2D eigenvalue weighted by molar-refractivity contribution is 4.97. The largest absolute Gasteiger partial charge is 0.317 e. The molecule has 2 rings (SSSR count). The van der Waals surface area contributed by atoms with Crippen molar-refractivity contribution in [3.8, 4) is 0 Å². The summed E-state index contributed by atoms with van der Waals surface area (Å²) in [4.78, 5) is 2.18. The number of rotatable bonds is 3. The Morgan fingerprint density at radius 1 is 1.36 bits per heavy atom. The molecular formula is C11H21FN2. The Balaban J connectivity index is 1.74. The first-order chi connectivity index (χ1) is 6.72. The molecule has 2 saturated heterocycles. The standard InChI is InChI=1S/C11H21FN2/c1-2-14-8-11(12,9-14)7-10-3-5-13-6-4-10/h10,13H,2-9H2,1H3. The quantitative estimate of drug-likeness (QED) is 0.741. The first-order valence-electron chi connectivity index (χ1n) is 5.84. The van der Waals surface area contributed by atoms with Gasteiger partial charge in [0.05, 0.1) is 0 Å². The van der Waals surface area contributed by atoms with Crippen molar-refractivity contribution >= 4 is 0 Å². The molecule has 0 amide bonds. The zero-order valence-corrected chi connectivity index (χ0v) is 9.06. The van der Waals surface area contributed by atoms with Crippen LogP contribution in [0.4, 0.5) is 4.39 Å². The molecule has 0 spiro atoms. The third-order valence-corrected chi connectivity index (χ3v) is 3.57. The topological polar surface area (TPSA) is 15.3 Å². The van der Waals surface area contributed by atoms with Crippen molar-refractivity contribution in [3.05, 3.63) is 0 Å². The molecule has 2 fully saturated rings. The van der Waals surface area contributed by atoms with Crippen LogP contribution in [-0.4, -0.2) is 43.3 Å². The van der Waals surface area contributed by atoms with Crippen LogP contribution in [0.15, 0.2) is 0 Å². The van der Waals surface area contributed by atoms with Crippen LogP contribution >= 0.6 is 0 Å². The summed E-state index contributed by atoms with van der Waals surface area (Å²) < 4.78 is 14.1. The second-order valence-corrected chi connectivity index (χ2v) is 4.85. The minimum absolute atomic E-state index is 0.625. The van der Waals surface area contributed by atoms with Crippen molar-refractivity contribution in [1.82, 2.24) is 10.2 Å². The van der Waals surface area contributed by atoms with Gasteiger partial charge in [-0.15, -0.1) is 0 Å². The van der Waals surface area contributed by atoms with E-state index in [0.29, 0.717) is 19.0 Å². The maximum absolute atomic E-state index is 14.1. The Bertz CT molecular complexity index is 184. The monoisotopic (exact) mass is 200 g/mol. The van der Waals surface area contributed by atoms with Gasteiger partial charge in [-0.2, -0.15) is 0 Å². The third-order valence-electron chi connectivity index (χ3n) is 3.57. The van der Waals surface area contributed by atoms with Gasteiger partial charge >= 0.3 is 0 Å². The molecule has 1 N–H and O–H groups in total. The lowest BCUT2D eigenvalue weighted by Crippen LogP contribution is -2.59. The molecule has 14 heavy (non-hydrogen) atoms. The Morgan fingerprint density at radius 2 is 2.00 bits per heavy atom. The third kappa shape index (κ3) is 2.26. The summed E-state index contributed by atoms with van der Waals surface area (Å²) in [6.07, 6.45) is 3.13. The predicted molar refractivity (Wildman–Crippen MR) is 56.2 cm³/mol. The Kier molecular flexibility index (Phi) is 3.07. The molecule has 0 unspecified atom stereocenters. The number of nitrogens with one attached hydrogen (secondary N) is 1. The van der Waals surface area contributed by atoms with E-state index in [1.54, 1.807) is 0 Å².